The molecule has 6 atom stereocenters. The third kappa shape index (κ3) is 2.26. The van der Waals surface area contributed by atoms with E-state index < -0.39 is 0 Å². The first kappa shape index (κ1) is 13.6. The summed E-state index contributed by atoms with van der Waals surface area (Å²) in [7, 11) is 0. The van der Waals surface area contributed by atoms with E-state index in [-0.39, 0.29) is 0 Å². The molecule has 3 fully saturated rings. The highest BCUT2D eigenvalue weighted by Gasteiger charge is 2.57. The van der Waals surface area contributed by atoms with Crippen molar-refractivity contribution in [3.8, 4) is 0 Å². The van der Waals surface area contributed by atoms with Crippen molar-refractivity contribution >= 4 is 6.29 Å². The summed E-state index contributed by atoms with van der Waals surface area (Å²) in [5, 5.41) is 0. The molecule has 19 heavy (non-hydrogen) atoms. The second-order valence-corrected chi connectivity index (χ2v) is 7.13. The van der Waals surface area contributed by atoms with Crippen LogP contribution in [0.15, 0.2) is 0 Å². The molecule has 2 nitrogen and oxygen atoms in total. The maximum absolute atomic E-state index is 11.0. The normalized spacial score (nSPS) is 41.1. The SMILES string of the molecule is CCCC(CC=O)N(CC)C1C[C@H]2CC3C[C@@H](C1)C32. The third-order valence-electron chi connectivity index (χ3n) is 6.29. The Labute approximate surface area is 117 Å². The van der Waals surface area contributed by atoms with Crippen LogP contribution in [0, 0.1) is 23.7 Å². The molecule has 4 unspecified atom stereocenters. The lowest BCUT2D eigenvalue weighted by Crippen LogP contribution is -2.60. The van der Waals surface area contributed by atoms with Gasteiger partial charge >= 0.3 is 0 Å². The molecule has 0 spiro atoms. The summed E-state index contributed by atoms with van der Waals surface area (Å²) < 4.78 is 0. The molecule has 0 heterocycles. The van der Waals surface area contributed by atoms with Crippen LogP contribution in [0.4, 0.5) is 0 Å². The molecule has 108 valence electrons. The van der Waals surface area contributed by atoms with Crippen LogP contribution in [-0.2, 0) is 4.79 Å². The molecule has 0 aromatic carbocycles. The van der Waals surface area contributed by atoms with Gasteiger partial charge in [-0.05, 0) is 62.3 Å². The molecule has 0 radical (unpaired) electrons. The third-order valence-corrected chi connectivity index (χ3v) is 6.29. The molecule has 3 saturated carbocycles. The second-order valence-electron chi connectivity index (χ2n) is 7.13. The zero-order chi connectivity index (χ0) is 13.4. The fourth-order valence-electron chi connectivity index (χ4n) is 5.52. The minimum absolute atomic E-state index is 0.505. The summed E-state index contributed by atoms with van der Waals surface area (Å²) in [4.78, 5) is 13.6. The van der Waals surface area contributed by atoms with Gasteiger partial charge in [0.2, 0.25) is 0 Å². The van der Waals surface area contributed by atoms with E-state index in [2.05, 4.69) is 18.7 Å². The summed E-state index contributed by atoms with van der Waals surface area (Å²) in [5.74, 6) is 4.31. The fourth-order valence-corrected chi connectivity index (χ4v) is 5.52. The molecule has 0 aliphatic heterocycles. The van der Waals surface area contributed by atoms with E-state index in [0.717, 1.165) is 49.0 Å². The Morgan fingerprint density at radius 3 is 2.21 bits per heavy atom. The topological polar surface area (TPSA) is 20.3 Å². The molecule has 0 N–H and O–H groups in total. The zero-order valence-corrected chi connectivity index (χ0v) is 12.6. The molecule has 0 aromatic heterocycles. The van der Waals surface area contributed by atoms with Gasteiger partial charge in [-0.2, -0.15) is 0 Å². The quantitative estimate of drug-likeness (QED) is 0.655. The molecular weight excluding hydrogens is 234 g/mol. The standard InChI is InChI=1S/C17H29NO/c1-3-5-15(6-7-19)18(4-2)16-10-13-8-12-9-14(11-16)17(12)13/h7,12-17H,3-6,8-11H2,1-2H3/t12?,13-,14+,15?,16?,17?. The smallest absolute Gasteiger partial charge is 0.121 e. The van der Waals surface area contributed by atoms with E-state index in [0.29, 0.717) is 6.04 Å². The van der Waals surface area contributed by atoms with Crippen LogP contribution in [0.25, 0.3) is 0 Å². The predicted octanol–water partition coefficient (Wildman–Crippen LogP) is 3.50. The van der Waals surface area contributed by atoms with Gasteiger partial charge in [-0.15, -0.1) is 0 Å². The van der Waals surface area contributed by atoms with Gasteiger partial charge < -0.3 is 4.79 Å². The van der Waals surface area contributed by atoms with E-state index in [9.17, 15) is 4.79 Å². The maximum atomic E-state index is 11.0. The highest BCUT2D eigenvalue weighted by atomic mass is 16.1. The van der Waals surface area contributed by atoms with E-state index >= 15 is 0 Å². The van der Waals surface area contributed by atoms with Gasteiger partial charge in [0, 0.05) is 18.5 Å². The summed E-state index contributed by atoms with van der Waals surface area (Å²) >= 11 is 0. The molecule has 0 aromatic rings. The summed E-state index contributed by atoms with van der Waals surface area (Å²) in [6.07, 6.45) is 10.1. The number of carbonyl (C=O) groups excluding carboxylic acids is 1. The van der Waals surface area contributed by atoms with E-state index in [1.165, 1.54) is 38.5 Å². The lowest BCUT2D eigenvalue weighted by atomic mass is 9.43. The number of hydrogen-bond donors (Lipinski definition) is 0. The number of aldehydes is 1. The molecule has 3 aliphatic rings. The zero-order valence-electron chi connectivity index (χ0n) is 12.6. The van der Waals surface area contributed by atoms with Crippen LogP contribution >= 0.6 is 0 Å². The van der Waals surface area contributed by atoms with E-state index in [4.69, 9.17) is 0 Å². The molecule has 0 amide bonds. The Hall–Kier alpha value is -0.370. The second kappa shape index (κ2) is 5.55. The van der Waals surface area contributed by atoms with Crippen LogP contribution in [0.5, 0.6) is 0 Å². The van der Waals surface area contributed by atoms with E-state index in [1.807, 2.05) is 0 Å². The Kier molecular flexibility index (Phi) is 3.98. The Balaban J connectivity index is 1.64. The highest BCUT2D eigenvalue weighted by molar-refractivity contribution is 5.50. The largest absolute Gasteiger partial charge is 0.303 e. The van der Waals surface area contributed by atoms with Gasteiger partial charge in [0.1, 0.15) is 6.29 Å². The van der Waals surface area contributed by atoms with Gasteiger partial charge in [-0.25, -0.2) is 0 Å². The maximum Gasteiger partial charge on any atom is 0.121 e. The van der Waals surface area contributed by atoms with Crippen LogP contribution < -0.4 is 0 Å². The van der Waals surface area contributed by atoms with Crippen molar-refractivity contribution < 1.29 is 4.79 Å². The monoisotopic (exact) mass is 263 g/mol. The Morgan fingerprint density at radius 1 is 1.11 bits per heavy atom. The fraction of sp³-hybridized carbons (Fsp3) is 0.941. The van der Waals surface area contributed by atoms with Crippen LogP contribution in [0.2, 0.25) is 0 Å². The van der Waals surface area contributed by atoms with Crippen molar-refractivity contribution in [2.45, 2.75) is 70.9 Å². The molecule has 3 rings (SSSR count). The number of nitrogens with zero attached hydrogens (tertiary/aromatic N) is 1. The molecule has 0 bridgehead atoms. The Bertz CT molecular complexity index is 313. The summed E-state index contributed by atoms with van der Waals surface area (Å²) in [6.45, 7) is 5.64. The van der Waals surface area contributed by atoms with Crippen molar-refractivity contribution in [2.24, 2.45) is 23.7 Å². The average molecular weight is 263 g/mol. The van der Waals surface area contributed by atoms with Gasteiger partial charge in [-0.3, -0.25) is 4.90 Å². The lowest BCUT2D eigenvalue weighted by molar-refractivity contribution is -0.146. The number of hydrogen-bond acceptors (Lipinski definition) is 2. The number of carbonyl (C=O) groups is 1. The van der Waals surface area contributed by atoms with Crippen molar-refractivity contribution in [1.29, 1.82) is 0 Å². The molecular formula is C17H29NO. The highest BCUT2D eigenvalue weighted by Crippen LogP contribution is 2.63. The first-order chi connectivity index (χ1) is 9.28. The predicted molar refractivity (Wildman–Crippen MR) is 78.0 cm³/mol. The molecule has 2 heteroatoms. The van der Waals surface area contributed by atoms with Gasteiger partial charge in [0.15, 0.2) is 0 Å². The lowest BCUT2D eigenvalue weighted by Gasteiger charge is -2.64. The number of rotatable bonds is 7. The summed E-state index contributed by atoms with van der Waals surface area (Å²) in [5.41, 5.74) is 0. The minimum Gasteiger partial charge on any atom is -0.303 e. The van der Waals surface area contributed by atoms with E-state index in [1.54, 1.807) is 0 Å². The van der Waals surface area contributed by atoms with Crippen LogP contribution in [-0.4, -0.2) is 29.8 Å². The first-order valence-electron chi connectivity index (χ1n) is 8.47. The van der Waals surface area contributed by atoms with Crippen molar-refractivity contribution in [2.75, 3.05) is 6.54 Å². The summed E-state index contributed by atoms with van der Waals surface area (Å²) in [6, 6.07) is 1.28. The van der Waals surface area contributed by atoms with Gasteiger partial charge in [0.25, 0.3) is 0 Å². The van der Waals surface area contributed by atoms with Crippen LogP contribution in [0.1, 0.15) is 58.8 Å². The van der Waals surface area contributed by atoms with Gasteiger partial charge in [0.05, 0.1) is 0 Å². The average Bonchev–Trinajstić information content (AvgIpc) is 2.33. The Morgan fingerprint density at radius 2 is 1.74 bits per heavy atom. The minimum atomic E-state index is 0.505. The van der Waals surface area contributed by atoms with Crippen molar-refractivity contribution in [3.05, 3.63) is 0 Å². The van der Waals surface area contributed by atoms with Crippen LogP contribution in [0.3, 0.4) is 0 Å². The first-order valence-corrected chi connectivity index (χ1v) is 8.47. The van der Waals surface area contributed by atoms with Crippen molar-refractivity contribution in [1.82, 2.24) is 4.90 Å². The van der Waals surface area contributed by atoms with Gasteiger partial charge in [-0.1, -0.05) is 20.3 Å². The van der Waals surface area contributed by atoms with Crippen molar-refractivity contribution in [3.63, 3.8) is 0 Å². The molecule has 3 aliphatic carbocycles. The molecule has 0 saturated heterocycles.